The highest BCUT2D eigenvalue weighted by Crippen LogP contribution is 2.29. The Kier molecular flexibility index (Phi) is 5.24. The van der Waals surface area contributed by atoms with E-state index in [0.717, 1.165) is 12.5 Å². The van der Waals surface area contributed by atoms with E-state index in [1.807, 2.05) is 0 Å². The largest absolute Gasteiger partial charge is 0.549 e. The molecule has 1 atom stereocenters. The Labute approximate surface area is 121 Å². The summed E-state index contributed by atoms with van der Waals surface area (Å²) in [7, 11) is 0. The Hall–Kier alpha value is -2.63. The molecule has 0 heterocycles. The zero-order valence-electron chi connectivity index (χ0n) is 11.5. The van der Waals surface area contributed by atoms with Gasteiger partial charge in [-0.1, -0.05) is 36.9 Å². The molecule has 21 heavy (non-hydrogen) atoms. The number of ether oxygens (including phenoxy) is 1. The van der Waals surface area contributed by atoms with Crippen LogP contribution in [0.4, 0.5) is 0 Å². The van der Waals surface area contributed by atoms with Crippen LogP contribution in [0.15, 0.2) is 42.5 Å². The molecule has 0 saturated carbocycles. The van der Waals surface area contributed by atoms with Crippen molar-refractivity contribution >= 4 is 17.9 Å². The van der Waals surface area contributed by atoms with Gasteiger partial charge in [0, 0.05) is 5.41 Å². The van der Waals surface area contributed by atoms with Gasteiger partial charge in [0.15, 0.2) is 0 Å². The van der Waals surface area contributed by atoms with Crippen LogP contribution in [0.3, 0.4) is 0 Å². The highest BCUT2D eigenvalue weighted by molar-refractivity contribution is 5.96. The Bertz CT molecular complexity index is 563. The zero-order chi connectivity index (χ0) is 16.0. The second-order valence-corrected chi connectivity index (χ2v) is 4.71. The number of hydrogen-bond donors (Lipinski definition) is 0. The molecule has 0 amide bonds. The van der Waals surface area contributed by atoms with E-state index in [2.05, 4.69) is 6.58 Å². The monoisotopic (exact) mass is 290 g/mol. The van der Waals surface area contributed by atoms with Gasteiger partial charge in [0.2, 0.25) is 0 Å². The van der Waals surface area contributed by atoms with Crippen molar-refractivity contribution in [2.75, 3.05) is 0 Å². The normalized spacial score (nSPS) is 13.0. The van der Waals surface area contributed by atoms with E-state index in [9.17, 15) is 24.6 Å². The topological polar surface area (TPSA) is 107 Å². The third-order valence-electron chi connectivity index (χ3n) is 3.10. The molecule has 0 fully saturated rings. The summed E-state index contributed by atoms with van der Waals surface area (Å²) in [6, 6.07) is 8.76. The van der Waals surface area contributed by atoms with Gasteiger partial charge in [-0.25, -0.2) is 0 Å². The fourth-order valence-corrected chi connectivity index (χ4v) is 1.61. The maximum atomic E-state index is 11.7. The van der Waals surface area contributed by atoms with Gasteiger partial charge in [-0.05, 0) is 18.1 Å². The number of carbonyl (C=O) groups is 3. The van der Waals surface area contributed by atoms with Crippen LogP contribution in [0, 0.1) is 5.41 Å². The number of aliphatic carboxylic acids is 2. The fourth-order valence-electron chi connectivity index (χ4n) is 1.61. The van der Waals surface area contributed by atoms with E-state index in [4.69, 9.17) is 4.74 Å². The van der Waals surface area contributed by atoms with Gasteiger partial charge >= 0.3 is 5.97 Å². The standard InChI is InChI=1S/C15H16O6/c1-10(13(17)18)15(2,14(19)20)8-12(16)21-9-11-6-4-3-5-7-11/h3-7H,1,8-9H2,2H3,(H,17,18)(H,19,20)/p-2. The first-order valence-electron chi connectivity index (χ1n) is 6.09. The summed E-state index contributed by atoms with van der Waals surface area (Å²) in [5, 5.41) is 21.9. The van der Waals surface area contributed by atoms with Crippen LogP contribution in [-0.2, 0) is 25.7 Å². The van der Waals surface area contributed by atoms with Crippen molar-refractivity contribution < 1.29 is 29.3 Å². The minimum Gasteiger partial charge on any atom is -0.549 e. The van der Waals surface area contributed by atoms with Crippen LogP contribution in [0.2, 0.25) is 0 Å². The average Bonchev–Trinajstić information content (AvgIpc) is 2.45. The third-order valence-corrected chi connectivity index (χ3v) is 3.10. The van der Waals surface area contributed by atoms with Gasteiger partial charge in [-0.15, -0.1) is 0 Å². The van der Waals surface area contributed by atoms with E-state index >= 15 is 0 Å². The van der Waals surface area contributed by atoms with Crippen LogP contribution in [0.5, 0.6) is 0 Å². The molecule has 0 aliphatic carbocycles. The van der Waals surface area contributed by atoms with Crippen molar-refractivity contribution in [1.82, 2.24) is 0 Å². The number of carbonyl (C=O) groups excluding carboxylic acids is 3. The first-order chi connectivity index (χ1) is 9.77. The van der Waals surface area contributed by atoms with Crippen LogP contribution < -0.4 is 10.2 Å². The molecule has 0 aliphatic heterocycles. The van der Waals surface area contributed by atoms with Crippen LogP contribution in [0.25, 0.3) is 0 Å². The van der Waals surface area contributed by atoms with Gasteiger partial charge in [0.1, 0.15) is 6.61 Å². The molecule has 112 valence electrons. The average molecular weight is 290 g/mol. The molecule has 0 radical (unpaired) electrons. The Balaban J connectivity index is 2.72. The lowest BCUT2D eigenvalue weighted by molar-refractivity contribution is -0.321. The Morgan fingerprint density at radius 3 is 2.24 bits per heavy atom. The Morgan fingerprint density at radius 1 is 1.19 bits per heavy atom. The molecule has 0 spiro atoms. The molecular formula is C15H14O6-2. The molecule has 0 aliphatic rings. The molecule has 1 aromatic carbocycles. The van der Waals surface area contributed by atoms with E-state index in [1.54, 1.807) is 30.3 Å². The fraction of sp³-hybridized carbons (Fsp3) is 0.267. The SMILES string of the molecule is C=C(C(=O)[O-])C(C)(CC(=O)OCc1ccccc1)C(=O)[O-]. The molecule has 0 saturated heterocycles. The van der Waals surface area contributed by atoms with E-state index in [1.165, 1.54) is 0 Å². The molecular weight excluding hydrogens is 276 g/mol. The molecule has 1 unspecified atom stereocenters. The summed E-state index contributed by atoms with van der Waals surface area (Å²) in [4.78, 5) is 33.6. The Morgan fingerprint density at radius 2 is 1.76 bits per heavy atom. The maximum absolute atomic E-state index is 11.7. The highest BCUT2D eigenvalue weighted by atomic mass is 16.5. The van der Waals surface area contributed by atoms with Crippen molar-refractivity contribution in [3.8, 4) is 0 Å². The lowest BCUT2D eigenvalue weighted by Gasteiger charge is -2.32. The molecule has 0 N–H and O–H groups in total. The van der Waals surface area contributed by atoms with Crippen molar-refractivity contribution in [3.05, 3.63) is 48.0 Å². The molecule has 0 aromatic heterocycles. The predicted molar refractivity (Wildman–Crippen MR) is 68.1 cm³/mol. The molecule has 1 aromatic rings. The van der Waals surface area contributed by atoms with Crippen LogP contribution in [0.1, 0.15) is 18.9 Å². The van der Waals surface area contributed by atoms with Crippen LogP contribution >= 0.6 is 0 Å². The van der Waals surface area contributed by atoms with Gasteiger partial charge in [0.25, 0.3) is 0 Å². The quantitative estimate of drug-likeness (QED) is 0.480. The summed E-state index contributed by atoms with van der Waals surface area (Å²) >= 11 is 0. The first kappa shape index (κ1) is 16.4. The molecule has 1 rings (SSSR count). The van der Waals surface area contributed by atoms with Crippen molar-refractivity contribution in [2.24, 2.45) is 5.41 Å². The second kappa shape index (κ2) is 6.69. The zero-order valence-corrected chi connectivity index (χ0v) is 11.5. The van der Waals surface area contributed by atoms with E-state index in [0.29, 0.717) is 0 Å². The predicted octanol–water partition coefficient (Wildman–Crippen LogP) is -0.818. The van der Waals surface area contributed by atoms with Gasteiger partial charge in [0.05, 0.1) is 18.4 Å². The second-order valence-electron chi connectivity index (χ2n) is 4.71. The molecule has 0 bridgehead atoms. The molecule has 6 nitrogen and oxygen atoms in total. The summed E-state index contributed by atoms with van der Waals surface area (Å²) in [5.74, 6) is -4.35. The summed E-state index contributed by atoms with van der Waals surface area (Å²) in [6.45, 7) is 4.12. The highest BCUT2D eigenvalue weighted by Gasteiger charge is 2.33. The van der Waals surface area contributed by atoms with Gasteiger partial charge < -0.3 is 24.5 Å². The number of rotatable bonds is 7. The summed E-state index contributed by atoms with van der Waals surface area (Å²) in [6.07, 6.45) is -0.699. The third kappa shape index (κ3) is 4.17. The number of benzene rings is 1. The smallest absolute Gasteiger partial charge is 0.307 e. The van der Waals surface area contributed by atoms with Crippen molar-refractivity contribution in [2.45, 2.75) is 20.0 Å². The van der Waals surface area contributed by atoms with E-state index in [-0.39, 0.29) is 6.61 Å². The number of hydrogen-bond acceptors (Lipinski definition) is 6. The number of carboxylic acid groups (broad SMARTS) is 2. The number of carboxylic acids is 2. The van der Waals surface area contributed by atoms with Crippen molar-refractivity contribution in [1.29, 1.82) is 0 Å². The lowest BCUT2D eigenvalue weighted by Crippen LogP contribution is -2.47. The summed E-state index contributed by atoms with van der Waals surface area (Å²) in [5.41, 5.74) is -2.09. The van der Waals surface area contributed by atoms with E-state index < -0.39 is 35.3 Å². The first-order valence-corrected chi connectivity index (χ1v) is 6.09. The van der Waals surface area contributed by atoms with Gasteiger partial charge in [-0.2, -0.15) is 0 Å². The summed E-state index contributed by atoms with van der Waals surface area (Å²) < 4.78 is 4.92. The van der Waals surface area contributed by atoms with Crippen molar-refractivity contribution in [3.63, 3.8) is 0 Å². The van der Waals surface area contributed by atoms with Gasteiger partial charge in [-0.3, -0.25) is 4.79 Å². The lowest BCUT2D eigenvalue weighted by atomic mass is 9.80. The minimum absolute atomic E-state index is 0.0411. The molecule has 6 heteroatoms. The van der Waals surface area contributed by atoms with Crippen LogP contribution in [-0.4, -0.2) is 17.9 Å². The number of esters is 1. The maximum Gasteiger partial charge on any atom is 0.307 e. The minimum atomic E-state index is -2.08.